The maximum Gasteiger partial charge on any atom is 0.469 e. The molecule has 0 amide bonds. The van der Waals surface area contributed by atoms with E-state index in [0.29, 0.717) is 24.5 Å². The van der Waals surface area contributed by atoms with E-state index in [9.17, 15) is 18.0 Å². The largest absolute Gasteiger partial charge is 0.469 e. The van der Waals surface area contributed by atoms with Crippen molar-refractivity contribution in [3.05, 3.63) is 76.2 Å². The summed E-state index contributed by atoms with van der Waals surface area (Å²) >= 11 is 0. The third kappa shape index (κ3) is 4.29. The topological polar surface area (TPSA) is 115 Å². The SMILES string of the molecule is CCCc1nc2oc(C(F)(F)F)nc2c(=O)n1Cc1ccc(-c2ccccc2-c2nn[nH]n2)cc1. The summed E-state index contributed by atoms with van der Waals surface area (Å²) < 4.78 is 45.2. The van der Waals surface area contributed by atoms with Gasteiger partial charge in [-0.15, -0.1) is 10.2 Å². The zero-order valence-electron chi connectivity index (χ0n) is 18.4. The number of H-pyrrole nitrogens is 1. The third-order valence-corrected chi connectivity index (χ3v) is 5.43. The number of aromatic nitrogens is 7. The molecule has 12 heteroatoms. The second-order valence-electron chi connectivity index (χ2n) is 7.82. The van der Waals surface area contributed by atoms with E-state index in [4.69, 9.17) is 4.42 Å². The number of aryl methyl sites for hydroxylation is 1. The van der Waals surface area contributed by atoms with Gasteiger partial charge in [0.05, 0.1) is 6.54 Å². The van der Waals surface area contributed by atoms with E-state index in [1.54, 1.807) is 0 Å². The molecule has 1 N–H and O–H groups in total. The van der Waals surface area contributed by atoms with Crippen molar-refractivity contribution < 1.29 is 17.6 Å². The molecular weight excluding hydrogens is 463 g/mol. The Hall–Kier alpha value is -4.35. The van der Waals surface area contributed by atoms with E-state index in [1.807, 2.05) is 55.5 Å². The summed E-state index contributed by atoms with van der Waals surface area (Å²) in [6, 6.07) is 15.1. The first-order valence-corrected chi connectivity index (χ1v) is 10.7. The van der Waals surface area contributed by atoms with Crippen LogP contribution in [0, 0.1) is 0 Å². The molecule has 3 aromatic heterocycles. The average molecular weight is 481 g/mol. The van der Waals surface area contributed by atoms with Crippen molar-refractivity contribution >= 4 is 11.2 Å². The molecule has 0 aliphatic rings. The van der Waals surface area contributed by atoms with E-state index in [1.165, 1.54) is 4.57 Å². The van der Waals surface area contributed by atoms with Gasteiger partial charge in [-0.3, -0.25) is 9.36 Å². The maximum absolute atomic E-state index is 13.0. The van der Waals surface area contributed by atoms with Gasteiger partial charge in [0.15, 0.2) is 5.52 Å². The lowest BCUT2D eigenvalue weighted by molar-refractivity contribution is -0.156. The standard InChI is InChI=1S/C23H18F3N7O2/c1-2-5-17-27-20-18(28-22(35-20)23(24,25)26)21(34)33(17)12-13-8-10-14(11-9-13)15-6-3-4-7-16(15)19-29-31-32-30-19/h3-4,6-11H,2,5,12H2,1H3,(H,29,30,31,32). The minimum absolute atomic E-state index is 0.123. The number of rotatable bonds is 6. The van der Waals surface area contributed by atoms with Crippen LogP contribution in [0.25, 0.3) is 33.7 Å². The highest BCUT2D eigenvalue weighted by Crippen LogP contribution is 2.31. The Morgan fingerprint density at radius 3 is 2.43 bits per heavy atom. The lowest BCUT2D eigenvalue weighted by Crippen LogP contribution is -2.26. The highest BCUT2D eigenvalue weighted by Gasteiger charge is 2.38. The van der Waals surface area contributed by atoms with Gasteiger partial charge < -0.3 is 4.42 Å². The summed E-state index contributed by atoms with van der Waals surface area (Å²) in [5, 5.41) is 14.2. The molecular formula is C23H18F3N7O2. The fourth-order valence-electron chi connectivity index (χ4n) is 3.83. The smallest absolute Gasteiger partial charge is 0.413 e. The van der Waals surface area contributed by atoms with Crippen LogP contribution < -0.4 is 5.56 Å². The van der Waals surface area contributed by atoms with Crippen LogP contribution in [-0.4, -0.2) is 35.2 Å². The highest BCUT2D eigenvalue weighted by molar-refractivity contribution is 5.80. The predicted molar refractivity (Wildman–Crippen MR) is 119 cm³/mol. The van der Waals surface area contributed by atoms with Gasteiger partial charge in [-0.1, -0.05) is 55.5 Å². The van der Waals surface area contributed by atoms with E-state index < -0.39 is 28.9 Å². The summed E-state index contributed by atoms with van der Waals surface area (Å²) in [5.41, 5.74) is 1.84. The summed E-state index contributed by atoms with van der Waals surface area (Å²) in [5.74, 6) is -0.686. The molecule has 5 aromatic rings. The first-order valence-electron chi connectivity index (χ1n) is 10.7. The summed E-state index contributed by atoms with van der Waals surface area (Å²) in [6.45, 7) is 2.01. The van der Waals surface area contributed by atoms with Gasteiger partial charge in [-0.25, -0.2) is 0 Å². The lowest BCUT2D eigenvalue weighted by Gasteiger charge is -2.12. The molecule has 0 aliphatic carbocycles. The number of nitrogens with one attached hydrogen (secondary N) is 1. The predicted octanol–water partition coefficient (Wildman–Crippen LogP) is 4.25. The molecule has 0 saturated heterocycles. The van der Waals surface area contributed by atoms with Crippen molar-refractivity contribution in [2.45, 2.75) is 32.5 Å². The number of benzene rings is 2. The molecule has 0 spiro atoms. The van der Waals surface area contributed by atoms with Crippen LogP contribution >= 0.6 is 0 Å². The number of alkyl halides is 3. The van der Waals surface area contributed by atoms with Gasteiger partial charge in [0.1, 0.15) is 5.82 Å². The number of aromatic amines is 1. The molecule has 0 aliphatic heterocycles. The molecule has 0 fully saturated rings. The van der Waals surface area contributed by atoms with Crippen LogP contribution in [0.3, 0.4) is 0 Å². The van der Waals surface area contributed by atoms with Crippen LogP contribution in [-0.2, 0) is 19.1 Å². The third-order valence-electron chi connectivity index (χ3n) is 5.43. The van der Waals surface area contributed by atoms with Gasteiger partial charge >= 0.3 is 12.1 Å². The van der Waals surface area contributed by atoms with Gasteiger partial charge in [0, 0.05) is 12.0 Å². The molecule has 9 nitrogen and oxygen atoms in total. The molecule has 2 aromatic carbocycles. The van der Waals surface area contributed by atoms with Crippen molar-refractivity contribution in [2.24, 2.45) is 0 Å². The Morgan fingerprint density at radius 1 is 1.03 bits per heavy atom. The highest BCUT2D eigenvalue weighted by atomic mass is 19.4. The normalized spacial score (nSPS) is 11.9. The van der Waals surface area contributed by atoms with E-state index in [0.717, 1.165) is 22.3 Å². The van der Waals surface area contributed by atoms with Gasteiger partial charge in [0.25, 0.3) is 11.3 Å². The molecule has 0 atom stereocenters. The monoisotopic (exact) mass is 481 g/mol. The number of halogens is 3. The van der Waals surface area contributed by atoms with E-state index >= 15 is 0 Å². The first-order chi connectivity index (χ1) is 16.8. The molecule has 0 unspecified atom stereocenters. The molecule has 178 valence electrons. The van der Waals surface area contributed by atoms with E-state index in [2.05, 4.69) is 30.6 Å². The van der Waals surface area contributed by atoms with E-state index in [-0.39, 0.29) is 6.54 Å². The number of hydrogen-bond acceptors (Lipinski definition) is 7. The Balaban J connectivity index is 1.51. The number of oxazole rings is 1. The summed E-state index contributed by atoms with van der Waals surface area (Å²) in [6.07, 6.45) is -3.77. The van der Waals surface area contributed by atoms with Gasteiger partial charge in [0.2, 0.25) is 5.82 Å². The Kier molecular flexibility index (Phi) is 5.63. The fraction of sp³-hybridized carbons (Fsp3) is 0.217. The Bertz CT molecular complexity index is 1540. The number of fused-ring (bicyclic) bond motifs is 1. The number of hydrogen-bond donors (Lipinski definition) is 1. The van der Waals surface area contributed by atoms with Crippen LogP contribution in [0.4, 0.5) is 13.2 Å². The minimum Gasteiger partial charge on any atom is -0.413 e. The zero-order valence-corrected chi connectivity index (χ0v) is 18.4. The second kappa shape index (κ2) is 8.78. The molecule has 0 saturated carbocycles. The molecule has 0 bridgehead atoms. The van der Waals surface area contributed by atoms with Crippen molar-refractivity contribution in [2.75, 3.05) is 0 Å². The quantitative estimate of drug-likeness (QED) is 0.385. The van der Waals surface area contributed by atoms with Crippen LogP contribution in [0.1, 0.15) is 30.6 Å². The Labute approximate surface area is 195 Å². The van der Waals surface area contributed by atoms with Gasteiger partial charge in [-0.2, -0.15) is 28.4 Å². The lowest BCUT2D eigenvalue weighted by atomic mass is 9.98. The summed E-state index contributed by atoms with van der Waals surface area (Å²) in [4.78, 5) is 20.6. The first kappa shape index (κ1) is 22.4. The minimum atomic E-state index is -4.81. The average Bonchev–Trinajstić information content (AvgIpc) is 3.53. The summed E-state index contributed by atoms with van der Waals surface area (Å²) in [7, 11) is 0. The molecule has 3 heterocycles. The van der Waals surface area contributed by atoms with Gasteiger partial charge in [-0.05, 0) is 28.3 Å². The van der Waals surface area contributed by atoms with Crippen LogP contribution in [0.5, 0.6) is 0 Å². The second-order valence-corrected chi connectivity index (χ2v) is 7.82. The Morgan fingerprint density at radius 2 is 1.77 bits per heavy atom. The van der Waals surface area contributed by atoms with Crippen molar-refractivity contribution in [3.8, 4) is 22.5 Å². The number of nitrogens with zero attached hydrogens (tertiary/aromatic N) is 6. The van der Waals surface area contributed by atoms with Crippen LogP contribution in [0.15, 0.2) is 57.7 Å². The molecule has 5 rings (SSSR count). The maximum atomic E-state index is 13.0. The zero-order chi connectivity index (χ0) is 24.6. The molecule has 35 heavy (non-hydrogen) atoms. The fourth-order valence-corrected chi connectivity index (χ4v) is 3.83. The van der Waals surface area contributed by atoms with Crippen molar-refractivity contribution in [1.29, 1.82) is 0 Å². The number of tetrazole rings is 1. The van der Waals surface area contributed by atoms with Crippen molar-refractivity contribution in [1.82, 2.24) is 35.2 Å². The van der Waals surface area contributed by atoms with Crippen LogP contribution in [0.2, 0.25) is 0 Å². The molecule has 0 radical (unpaired) electrons. The van der Waals surface area contributed by atoms with Crippen molar-refractivity contribution in [3.63, 3.8) is 0 Å².